The predicted octanol–water partition coefficient (Wildman–Crippen LogP) is 3.50. The van der Waals surface area contributed by atoms with Gasteiger partial charge in [-0.2, -0.15) is 0 Å². The minimum absolute atomic E-state index is 0.0126. The van der Waals surface area contributed by atoms with Crippen LogP contribution >= 0.6 is 23.2 Å². The molecule has 1 rings (SSSR count). The van der Waals surface area contributed by atoms with Crippen molar-refractivity contribution in [3.63, 3.8) is 0 Å². The molecule has 0 aliphatic carbocycles. The fourth-order valence-corrected chi connectivity index (χ4v) is 2.02. The molecule has 0 radical (unpaired) electrons. The van der Waals surface area contributed by atoms with Crippen molar-refractivity contribution < 1.29 is 23.8 Å². The highest BCUT2D eigenvalue weighted by molar-refractivity contribution is 6.38. The molecule has 0 bridgehead atoms. The second-order valence-corrected chi connectivity index (χ2v) is 4.55. The molecule has 0 aliphatic heterocycles. The number of halogens is 3. The van der Waals surface area contributed by atoms with Crippen LogP contribution < -0.4 is 0 Å². The minimum Gasteiger partial charge on any atom is -0.497 e. The van der Waals surface area contributed by atoms with Crippen molar-refractivity contribution in [3.05, 3.63) is 39.1 Å². The molecule has 0 amide bonds. The summed E-state index contributed by atoms with van der Waals surface area (Å²) in [5.74, 6) is -3.57. The fraction of sp³-hybridized carbons (Fsp3) is 0.308. The number of carbonyl (C=O) groups is 2. The van der Waals surface area contributed by atoms with Crippen molar-refractivity contribution in [1.29, 1.82) is 0 Å². The molecule has 8 heteroatoms. The Kier molecular flexibility index (Phi) is 6.11. The monoisotopic (exact) mass is 335 g/mol. The Morgan fingerprint density at radius 1 is 1.38 bits per heavy atom. The number of aliphatic carboxylic acids is 1. The van der Waals surface area contributed by atoms with Gasteiger partial charge in [0.1, 0.15) is 11.3 Å². The first-order valence-corrected chi connectivity index (χ1v) is 6.74. The van der Waals surface area contributed by atoms with E-state index in [1.807, 2.05) is 0 Å². The average Bonchev–Trinajstić information content (AvgIpc) is 2.43. The highest BCUT2D eigenvalue weighted by atomic mass is 35.5. The van der Waals surface area contributed by atoms with Crippen LogP contribution in [0.3, 0.4) is 0 Å². The van der Waals surface area contributed by atoms with E-state index in [2.05, 4.69) is 4.98 Å². The van der Waals surface area contributed by atoms with E-state index in [1.54, 1.807) is 13.8 Å². The summed E-state index contributed by atoms with van der Waals surface area (Å²) in [7, 11) is 0. The molecular formula is C13H12Cl2FNO4. The lowest BCUT2D eigenvalue weighted by atomic mass is 10.0. The van der Waals surface area contributed by atoms with Crippen LogP contribution in [-0.2, 0) is 9.53 Å². The third-order valence-corrected chi connectivity index (χ3v) is 3.15. The molecule has 114 valence electrons. The average molecular weight is 336 g/mol. The van der Waals surface area contributed by atoms with E-state index in [9.17, 15) is 19.1 Å². The number of hydrogen-bond acceptors (Lipinski definition) is 4. The summed E-state index contributed by atoms with van der Waals surface area (Å²) in [5.41, 5.74) is -0.994. The Hall–Kier alpha value is -1.66. The quantitative estimate of drug-likeness (QED) is 0.215. The maximum atomic E-state index is 13.6. The summed E-state index contributed by atoms with van der Waals surface area (Å²) < 4.78 is 18.7. The van der Waals surface area contributed by atoms with Gasteiger partial charge in [-0.3, -0.25) is 4.79 Å². The Balaban J connectivity index is 3.45. The van der Waals surface area contributed by atoms with Gasteiger partial charge in [0.05, 0.1) is 17.2 Å². The molecule has 0 spiro atoms. The number of carboxylic acids is 1. The van der Waals surface area contributed by atoms with Gasteiger partial charge in [0.2, 0.25) is 5.78 Å². The van der Waals surface area contributed by atoms with E-state index in [-0.39, 0.29) is 24.4 Å². The zero-order chi connectivity index (χ0) is 16.2. The van der Waals surface area contributed by atoms with Crippen molar-refractivity contribution in [2.75, 3.05) is 6.61 Å². The van der Waals surface area contributed by atoms with Crippen molar-refractivity contribution in [1.82, 2.24) is 4.98 Å². The third-order valence-electron chi connectivity index (χ3n) is 2.52. The number of carbonyl (C=O) groups excluding carboxylic acids is 1. The molecule has 0 aliphatic rings. The number of aromatic nitrogens is 1. The van der Waals surface area contributed by atoms with E-state index < -0.39 is 33.3 Å². The van der Waals surface area contributed by atoms with Gasteiger partial charge in [-0.15, -0.1) is 0 Å². The minimum atomic E-state index is -1.49. The number of carboxylic acid groups (broad SMARTS) is 1. The van der Waals surface area contributed by atoms with Gasteiger partial charge in [-0.05, 0) is 6.92 Å². The van der Waals surface area contributed by atoms with E-state index in [1.165, 1.54) is 0 Å². The van der Waals surface area contributed by atoms with E-state index in [0.29, 0.717) is 0 Å². The maximum Gasteiger partial charge on any atom is 0.343 e. The number of rotatable bonds is 6. The number of allylic oxidation sites excluding steroid dienone is 1. The second kappa shape index (κ2) is 7.38. The van der Waals surface area contributed by atoms with E-state index in [0.717, 1.165) is 6.20 Å². The summed E-state index contributed by atoms with van der Waals surface area (Å²) in [6, 6.07) is 0. The second-order valence-electron chi connectivity index (χ2n) is 3.81. The highest BCUT2D eigenvalue weighted by Crippen LogP contribution is 2.27. The van der Waals surface area contributed by atoms with Crippen molar-refractivity contribution in [2.24, 2.45) is 0 Å². The molecule has 1 aromatic rings. The van der Waals surface area contributed by atoms with Gasteiger partial charge in [0.25, 0.3) is 0 Å². The summed E-state index contributed by atoms with van der Waals surface area (Å²) in [5, 5.41) is 8.13. The SMILES string of the molecule is CCOC(CC)=C(C(=O)O)C(=O)c1cnc(Cl)c(F)c1Cl. The van der Waals surface area contributed by atoms with Crippen LogP contribution in [0.1, 0.15) is 30.6 Å². The molecule has 0 saturated heterocycles. The molecule has 1 heterocycles. The molecule has 21 heavy (non-hydrogen) atoms. The maximum absolute atomic E-state index is 13.6. The van der Waals surface area contributed by atoms with Crippen LogP contribution in [0.15, 0.2) is 17.5 Å². The Bertz CT molecular complexity index is 616. The molecule has 5 nitrogen and oxygen atoms in total. The highest BCUT2D eigenvalue weighted by Gasteiger charge is 2.28. The van der Waals surface area contributed by atoms with E-state index in [4.69, 9.17) is 27.9 Å². The lowest BCUT2D eigenvalue weighted by molar-refractivity contribution is -0.132. The van der Waals surface area contributed by atoms with Gasteiger partial charge in [0, 0.05) is 12.6 Å². The lowest BCUT2D eigenvalue weighted by Crippen LogP contribution is -2.17. The van der Waals surface area contributed by atoms with Gasteiger partial charge in [-0.1, -0.05) is 30.1 Å². The zero-order valence-electron chi connectivity index (χ0n) is 11.2. The van der Waals surface area contributed by atoms with Gasteiger partial charge < -0.3 is 9.84 Å². The molecule has 0 unspecified atom stereocenters. The fourth-order valence-electron chi connectivity index (χ4n) is 1.60. The molecule has 1 aromatic heterocycles. The van der Waals surface area contributed by atoms with Crippen LogP contribution in [0.4, 0.5) is 4.39 Å². The summed E-state index contributed by atoms with van der Waals surface area (Å²) in [6.45, 7) is 3.47. The van der Waals surface area contributed by atoms with Crippen molar-refractivity contribution in [2.45, 2.75) is 20.3 Å². The Labute approximate surface area is 130 Å². The zero-order valence-corrected chi connectivity index (χ0v) is 12.8. The first kappa shape index (κ1) is 17.4. The Morgan fingerprint density at radius 3 is 2.48 bits per heavy atom. The summed E-state index contributed by atoms with van der Waals surface area (Å²) in [4.78, 5) is 27.1. The predicted molar refractivity (Wildman–Crippen MR) is 75.1 cm³/mol. The van der Waals surface area contributed by atoms with Gasteiger partial charge in [0.15, 0.2) is 11.0 Å². The molecule has 1 N–H and O–H groups in total. The van der Waals surface area contributed by atoms with E-state index >= 15 is 0 Å². The van der Waals surface area contributed by atoms with Crippen LogP contribution in [-0.4, -0.2) is 28.4 Å². The van der Waals surface area contributed by atoms with Gasteiger partial charge in [-0.25, -0.2) is 14.2 Å². The molecule has 0 aromatic carbocycles. The number of Topliss-reactive ketones (excluding diaryl/α,β-unsaturated/α-hetero) is 1. The number of pyridine rings is 1. The topological polar surface area (TPSA) is 76.5 Å². The number of nitrogens with zero attached hydrogens (tertiary/aromatic N) is 1. The summed E-state index contributed by atoms with van der Waals surface area (Å²) in [6.07, 6.45) is 1.11. The van der Waals surface area contributed by atoms with Gasteiger partial charge >= 0.3 is 5.97 Å². The van der Waals surface area contributed by atoms with Crippen LogP contribution in [0.25, 0.3) is 0 Å². The standard InChI is InChI=1S/C13H12Cl2FNO4/c1-3-7(21-4-2)8(13(19)20)11(18)6-5-17-12(15)10(16)9(6)14/h5H,3-4H2,1-2H3,(H,19,20). The van der Waals surface area contributed by atoms with Crippen molar-refractivity contribution in [3.8, 4) is 0 Å². The molecule has 0 saturated carbocycles. The smallest absolute Gasteiger partial charge is 0.343 e. The molecule has 0 atom stereocenters. The summed E-state index contributed by atoms with van der Waals surface area (Å²) >= 11 is 11.1. The lowest BCUT2D eigenvalue weighted by Gasteiger charge is -2.11. The van der Waals surface area contributed by atoms with Crippen LogP contribution in [0, 0.1) is 5.82 Å². The van der Waals surface area contributed by atoms with Crippen LogP contribution in [0.5, 0.6) is 0 Å². The number of hydrogen-bond donors (Lipinski definition) is 1. The first-order chi connectivity index (χ1) is 9.84. The molecule has 0 fully saturated rings. The Morgan fingerprint density at radius 2 is 2.00 bits per heavy atom. The molecular weight excluding hydrogens is 324 g/mol. The largest absolute Gasteiger partial charge is 0.497 e. The number of ketones is 1. The number of ether oxygens (including phenoxy) is 1. The van der Waals surface area contributed by atoms with Crippen LogP contribution in [0.2, 0.25) is 10.2 Å². The van der Waals surface area contributed by atoms with Crippen molar-refractivity contribution >= 4 is 35.0 Å². The third kappa shape index (κ3) is 3.71. The first-order valence-electron chi connectivity index (χ1n) is 5.98. The normalized spacial score (nSPS) is 11.9.